The number of hydrogen-bond acceptors (Lipinski definition) is 3. The average Bonchev–Trinajstić information content (AvgIpc) is 3.15. The van der Waals surface area contributed by atoms with Gasteiger partial charge in [-0.1, -0.05) is 19.8 Å². The van der Waals surface area contributed by atoms with Gasteiger partial charge in [-0.3, -0.25) is 9.69 Å². The standard InChI is InChI=1S/C14H27N3O/c1-2-13(9-11-3-4-11)16-14(18)10-17-7-5-12(15)6-8-17/h11-13H,2-10,15H2,1H3,(H,16,18). The van der Waals surface area contributed by atoms with Crippen molar-refractivity contribution in [3.63, 3.8) is 0 Å². The van der Waals surface area contributed by atoms with E-state index in [2.05, 4.69) is 17.1 Å². The monoisotopic (exact) mass is 253 g/mol. The predicted molar refractivity (Wildman–Crippen MR) is 73.2 cm³/mol. The van der Waals surface area contributed by atoms with E-state index in [9.17, 15) is 4.79 Å². The van der Waals surface area contributed by atoms with Gasteiger partial charge in [0.1, 0.15) is 0 Å². The topological polar surface area (TPSA) is 58.4 Å². The number of piperidine rings is 1. The second kappa shape index (κ2) is 6.53. The Morgan fingerprint density at radius 3 is 2.56 bits per heavy atom. The first-order valence-corrected chi connectivity index (χ1v) is 7.44. The Morgan fingerprint density at radius 2 is 2.00 bits per heavy atom. The molecule has 0 aromatic rings. The number of nitrogens with zero attached hydrogens (tertiary/aromatic N) is 1. The zero-order valence-electron chi connectivity index (χ0n) is 11.5. The fourth-order valence-corrected chi connectivity index (χ4v) is 2.67. The van der Waals surface area contributed by atoms with Gasteiger partial charge >= 0.3 is 0 Å². The van der Waals surface area contributed by atoms with E-state index >= 15 is 0 Å². The van der Waals surface area contributed by atoms with Gasteiger partial charge in [0.05, 0.1) is 6.54 Å². The molecule has 1 aliphatic carbocycles. The fraction of sp³-hybridized carbons (Fsp3) is 0.929. The Labute approximate surface area is 110 Å². The normalized spacial score (nSPS) is 23.9. The molecule has 4 nitrogen and oxygen atoms in total. The number of carbonyl (C=O) groups is 1. The molecule has 1 aliphatic heterocycles. The minimum absolute atomic E-state index is 0.193. The molecular formula is C14H27N3O. The number of amides is 1. The molecule has 18 heavy (non-hydrogen) atoms. The summed E-state index contributed by atoms with van der Waals surface area (Å²) in [5.74, 6) is 1.07. The third kappa shape index (κ3) is 4.58. The Kier molecular flexibility index (Phi) is 5.01. The van der Waals surface area contributed by atoms with E-state index in [0.29, 0.717) is 18.6 Å². The minimum atomic E-state index is 0.193. The van der Waals surface area contributed by atoms with Crippen LogP contribution in [-0.4, -0.2) is 42.5 Å². The van der Waals surface area contributed by atoms with Crippen LogP contribution in [0.4, 0.5) is 0 Å². The lowest BCUT2D eigenvalue weighted by Crippen LogP contribution is -2.46. The maximum Gasteiger partial charge on any atom is 0.234 e. The second-order valence-corrected chi connectivity index (χ2v) is 5.97. The van der Waals surface area contributed by atoms with Gasteiger partial charge in [-0.25, -0.2) is 0 Å². The highest BCUT2D eigenvalue weighted by Gasteiger charge is 2.26. The lowest BCUT2D eigenvalue weighted by atomic mass is 10.1. The molecule has 1 atom stereocenters. The van der Waals surface area contributed by atoms with E-state index in [4.69, 9.17) is 5.73 Å². The van der Waals surface area contributed by atoms with Gasteiger partial charge in [0, 0.05) is 25.2 Å². The Morgan fingerprint density at radius 1 is 1.33 bits per heavy atom. The molecule has 0 bridgehead atoms. The Bertz CT molecular complexity index is 270. The molecule has 0 aromatic carbocycles. The summed E-state index contributed by atoms with van der Waals surface area (Å²) >= 11 is 0. The number of rotatable bonds is 6. The molecule has 0 spiro atoms. The van der Waals surface area contributed by atoms with Gasteiger partial charge in [0.2, 0.25) is 5.91 Å². The summed E-state index contributed by atoms with van der Waals surface area (Å²) in [5.41, 5.74) is 5.86. The average molecular weight is 253 g/mol. The lowest BCUT2D eigenvalue weighted by molar-refractivity contribution is -0.123. The molecule has 0 aromatic heterocycles. The number of nitrogens with two attached hydrogens (primary N) is 1. The highest BCUT2D eigenvalue weighted by atomic mass is 16.2. The first-order chi connectivity index (χ1) is 8.67. The molecule has 1 saturated heterocycles. The molecule has 2 aliphatic rings. The van der Waals surface area contributed by atoms with E-state index in [1.54, 1.807) is 0 Å². The molecule has 1 heterocycles. The van der Waals surface area contributed by atoms with Crippen molar-refractivity contribution in [3.8, 4) is 0 Å². The van der Waals surface area contributed by atoms with Crippen LogP contribution in [-0.2, 0) is 4.79 Å². The first kappa shape index (κ1) is 13.8. The highest BCUT2D eigenvalue weighted by molar-refractivity contribution is 5.78. The van der Waals surface area contributed by atoms with Gasteiger partial charge in [-0.15, -0.1) is 0 Å². The highest BCUT2D eigenvalue weighted by Crippen LogP contribution is 2.33. The van der Waals surface area contributed by atoms with Crippen LogP contribution in [0, 0.1) is 5.92 Å². The molecule has 1 unspecified atom stereocenters. The van der Waals surface area contributed by atoms with Gasteiger partial charge < -0.3 is 11.1 Å². The van der Waals surface area contributed by atoms with E-state index in [-0.39, 0.29) is 5.91 Å². The Hall–Kier alpha value is -0.610. The summed E-state index contributed by atoms with van der Waals surface area (Å²) in [6, 6.07) is 0.722. The van der Waals surface area contributed by atoms with Gasteiger partial charge in [-0.2, -0.15) is 0 Å². The maximum absolute atomic E-state index is 12.0. The van der Waals surface area contributed by atoms with Crippen LogP contribution in [0.3, 0.4) is 0 Å². The molecule has 1 amide bonds. The molecular weight excluding hydrogens is 226 g/mol. The number of hydrogen-bond donors (Lipinski definition) is 2. The van der Waals surface area contributed by atoms with E-state index in [1.807, 2.05) is 0 Å². The zero-order valence-corrected chi connectivity index (χ0v) is 11.5. The third-order valence-electron chi connectivity index (χ3n) is 4.17. The van der Waals surface area contributed by atoms with Crippen LogP contribution in [0.25, 0.3) is 0 Å². The van der Waals surface area contributed by atoms with Crippen LogP contribution in [0.5, 0.6) is 0 Å². The van der Waals surface area contributed by atoms with Crippen molar-refractivity contribution in [3.05, 3.63) is 0 Å². The molecule has 2 fully saturated rings. The smallest absolute Gasteiger partial charge is 0.234 e. The van der Waals surface area contributed by atoms with E-state index < -0.39 is 0 Å². The quantitative estimate of drug-likeness (QED) is 0.745. The Balaban J connectivity index is 1.66. The summed E-state index contributed by atoms with van der Waals surface area (Å²) in [5, 5.41) is 3.18. The predicted octanol–water partition coefficient (Wildman–Crippen LogP) is 1.10. The van der Waals surface area contributed by atoms with Gasteiger partial charge in [-0.05, 0) is 31.6 Å². The maximum atomic E-state index is 12.0. The van der Waals surface area contributed by atoms with Crippen molar-refractivity contribution in [1.82, 2.24) is 10.2 Å². The lowest BCUT2D eigenvalue weighted by Gasteiger charge is -2.30. The summed E-state index contributed by atoms with van der Waals surface area (Å²) in [4.78, 5) is 14.2. The minimum Gasteiger partial charge on any atom is -0.352 e. The summed E-state index contributed by atoms with van der Waals surface area (Å²) < 4.78 is 0. The van der Waals surface area contributed by atoms with Crippen molar-refractivity contribution in [2.45, 2.75) is 57.5 Å². The molecule has 2 rings (SSSR count). The molecule has 0 radical (unpaired) electrons. The van der Waals surface area contributed by atoms with Crippen molar-refractivity contribution in [1.29, 1.82) is 0 Å². The number of nitrogens with one attached hydrogen (secondary N) is 1. The number of likely N-dealkylation sites (tertiary alicyclic amines) is 1. The molecule has 104 valence electrons. The third-order valence-corrected chi connectivity index (χ3v) is 4.17. The van der Waals surface area contributed by atoms with E-state index in [0.717, 1.165) is 38.3 Å². The van der Waals surface area contributed by atoms with Crippen LogP contribution in [0.2, 0.25) is 0 Å². The van der Waals surface area contributed by atoms with Crippen LogP contribution in [0.15, 0.2) is 0 Å². The zero-order chi connectivity index (χ0) is 13.0. The fourth-order valence-electron chi connectivity index (χ4n) is 2.67. The van der Waals surface area contributed by atoms with Crippen LogP contribution < -0.4 is 11.1 Å². The molecule has 1 saturated carbocycles. The van der Waals surface area contributed by atoms with Crippen molar-refractivity contribution in [2.24, 2.45) is 11.7 Å². The summed E-state index contributed by atoms with van der Waals surface area (Å²) in [6.45, 7) is 4.64. The van der Waals surface area contributed by atoms with Crippen molar-refractivity contribution < 1.29 is 4.79 Å². The van der Waals surface area contributed by atoms with Gasteiger partial charge in [0.25, 0.3) is 0 Å². The number of carbonyl (C=O) groups excluding carboxylic acids is 1. The van der Waals surface area contributed by atoms with Crippen molar-refractivity contribution in [2.75, 3.05) is 19.6 Å². The van der Waals surface area contributed by atoms with Crippen LogP contribution >= 0.6 is 0 Å². The molecule has 3 N–H and O–H groups in total. The van der Waals surface area contributed by atoms with E-state index in [1.165, 1.54) is 19.3 Å². The van der Waals surface area contributed by atoms with Crippen molar-refractivity contribution >= 4 is 5.91 Å². The molecule has 4 heteroatoms. The summed E-state index contributed by atoms with van der Waals surface area (Å²) in [6.07, 6.45) is 6.98. The van der Waals surface area contributed by atoms with Crippen LogP contribution in [0.1, 0.15) is 45.4 Å². The first-order valence-electron chi connectivity index (χ1n) is 7.44. The summed E-state index contributed by atoms with van der Waals surface area (Å²) in [7, 11) is 0. The SMILES string of the molecule is CCC(CC1CC1)NC(=O)CN1CCC(N)CC1. The second-order valence-electron chi connectivity index (χ2n) is 5.97. The largest absolute Gasteiger partial charge is 0.352 e. The van der Waals surface area contributed by atoms with Gasteiger partial charge in [0.15, 0.2) is 0 Å².